The van der Waals surface area contributed by atoms with E-state index >= 15 is 0 Å². The fourth-order valence-electron chi connectivity index (χ4n) is 4.77. The molecule has 0 radical (unpaired) electrons. The van der Waals surface area contributed by atoms with Crippen molar-refractivity contribution >= 4 is 17.7 Å². The van der Waals surface area contributed by atoms with Crippen molar-refractivity contribution in [2.75, 3.05) is 0 Å². The molecule has 0 aromatic heterocycles. The number of nitrogens with one attached hydrogen (secondary N) is 2. The number of piperazine rings is 1. The van der Waals surface area contributed by atoms with E-state index in [1.165, 1.54) is 24.3 Å². The number of hydrogen-bond donors (Lipinski definition) is 3. The van der Waals surface area contributed by atoms with Crippen molar-refractivity contribution in [1.29, 1.82) is 0 Å². The lowest BCUT2D eigenvalue weighted by molar-refractivity contribution is -0.150. The first kappa shape index (κ1) is 22.8. The number of benzene rings is 2. The second kappa shape index (κ2) is 9.21. The van der Waals surface area contributed by atoms with Gasteiger partial charge in [0.05, 0.1) is 12.0 Å². The Bertz CT molecular complexity index is 1040. The first-order chi connectivity index (χ1) is 15.7. The Kier molecular flexibility index (Phi) is 6.35. The van der Waals surface area contributed by atoms with E-state index < -0.39 is 24.0 Å². The van der Waals surface area contributed by atoms with E-state index in [0.29, 0.717) is 12.0 Å². The number of fused-ring (bicyclic) bond motifs is 1. The summed E-state index contributed by atoms with van der Waals surface area (Å²) in [4.78, 5) is 41.1. The number of halogens is 1. The van der Waals surface area contributed by atoms with Crippen molar-refractivity contribution < 1.29 is 23.9 Å². The van der Waals surface area contributed by atoms with E-state index in [2.05, 4.69) is 10.6 Å². The molecule has 33 heavy (non-hydrogen) atoms. The van der Waals surface area contributed by atoms with Crippen molar-refractivity contribution in [3.63, 3.8) is 0 Å². The summed E-state index contributed by atoms with van der Waals surface area (Å²) in [5.74, 6) is -1.45. The number of phenols is 1. The summed E-state index contributed by atoms with van der Waals surface area (Å²) in [6, 6.07) is 10.2. The molecule has 0 bridgehead atoms. The third-order valence-electron chi connectivity index (χ3n) is 6.32. The molecule has 2 fully saturated rings. The van der Waals surface area contributed by atoms with Crippen LogP contribution in [0.1, 0.15) is 43.9 Å². The first-order valence-corrected chi connectivity index (χ1v) is 11.2. The standard InChI is InChI=1S/C25H28FN3O4/c1-14(2)11-20-25(33)29-21(24(32)28-20)12-19(22(29)16-5-9-18(30)10-6-16)23(31)27-13-15-3-7-17(26)8-4-15/h3-10,14,19-22,30H,11-13H2,1-2H3,(H,27,31)(H,28,32)/t19-,20-,21-,22-/m0/s1. The van der Waals surface area contributed by atoms with Gasteiger partial charge in [0.15, 0.2) is 0 Å². The van der Waals surface area contributed by atoms with Crippen LogP contribution in [0.25, 0.3) is 0 Å². The molecule has 7 nitrogen and oxygen atoms in total. The molecular formula is C25H28FN3O4. The van der Waals surface area contributed by atoms with Gasteiger partial charge >= 0.3 is 0 Å². The molecule has 3 N–H and O–H groups in total. The minimum atomic E-state index is -0.735. The summed E-state index contributed by atoms with van der Waals surface area (Å²) >= 11 is 0. The van der Waals surface area contributed by atoms with Crippen LogP contribution in [0.3, 0.4) is 0 Å². The number of hydrogen-bond acceptors (Lipinski definition) is 4. The summed E-state index contributed by atoms with van der Waals surface area (Å²) in [5.41, 5.74) is 1.43. The number of phenolic OH excluding ortho intramolecular Hbond substituents is 1. The number of rotatable bonds is 6. The molecule has 2 aromatic carbocycles. The van der Waals surface area contributed by atoms with E-state index in [9.17, 15) is 23.9 Å². The van der Waals surface area contributed by atoms with Gasteiger partial charge in [-0.3, -0.25) is 14.4 Å². The van der Waals surface area contributed by atoms with Crippen LogP contribution in [-0.2, 0) is 20.9 Å². The SMILES string of the molecule is CC(C)C[C@@H]1NC(=O)[C@@H]2C[C@H](C(=O)NCc3ccc(F)cc3)[C@H](c3ccc(O)cc3)N2C1=O. The molecule has 0 spiro atoms. The highest BCUT2D eigenvalue weighted by molar-refractivity contribution is 5.99. The fraction of sp³-hybridized carbons (Fsp3) is 0.400. The average molecular weight is 454 g/mol. The highest BCUT2D eigenvalue weighted by Crippen LogP contribution is 2.43. The number of carbonyl (C=O) groups is 3. The number of amides is 3. The van der Waals surface area contributed by atoms with Gasteiger partial charge in [-0.05, 0) is 54.2 Å². The summed E-state index contributed by atoms with van der Waals surface area (Å²) in [7, 11) is 0. The molecule has 3 amide bonds. The van der Waals surface area contributed by atoms with E-state index in [1.807, 2.05) is 13.8 Å². The molecule has 0 saturated carbocycles. The first-order valence-electron chi connectivity index (χ1n) is 11.2. The van der Waals surface area contributed by atoms with Crippen molar-refractivity contribution in [2.24, 2.45) is 11.8 Å². The van der Waals surface area contributed by atoms with E-state index in [1.54, 1.807) is 29.2 Å². The number of nitrogens with zero attached hydrogens (tertiary/aromatic N) is 1. The molecule has 2 heterocycles. The van der Waals surface area contributed by atoms with Crippen molar-refractivity contribution in [1.82, 2.24) is 15.5 Å². The Morgan fingerprint density at radius 1 is 1.15 bits per heavy atom. The molecule has 4 atom stereocenters. The zero-order valence-electron chi connectivity index (χ0n) is 18.6. The van der Waals surface area contributed by atoms with Crippen LogP contribution >= 0.6 is 0 Å². The molecule has 0 unspecified atom stereocenters. The maximum Gasteiger partial charge on any atom is 0.246 e. The predicted octanol–water partition coefficient (Wildman–Crippen LogP) is 2.65. The maximum atomic E-state index is 13.4. The summed E-state index contributed by atoms with van der Waals surface area (Å²) in [6.07, 6.45) is 0.713. The fourth-order valence-corrected chi connectivity index (χ4v) is 4.77. The van der Waals surface area contributed by atoms with Gasteiger partial charge < -0.3 is 20.6 Å². The van der Waals surface area contributed by atoms with E-state index in [-0.39, 0.29) is 48.2 Å². The Balaban J connectivity index is 1.62. The Morgan fingerprint density at radius 3 is 2.45 bits per heavy atom. The largest absolute Gasteiger partial charge is 0.508 e. The van der Waals surface area contributed by atoms with Crippen LogP contribution in [-0.4, -0.2) is 39.8 Å². The summed E-state index contributed by atoms with van der Waals surface area (Å²) in [6.45, 7) is 4.18. The molecular weight excluding hydrogens is 425 g/mol. The van der Waals surface area contributed by atoms with Crippen molar-refractivity contribution in [2.45, 2.75) is 51.4 Å². The molecule has 0 aliphatic carbocycles. The topological polar surface area (TPSA) is 98.7 Å². The third kappa shape index (κ3) is 4.69. The van der Waals surface area contributed by atoms with Gasteiger partial charge in [0.1, 0.15) is 23.7 Å². The average Bonchev–Trinajstić information content (AvgIpc) is 3.18. The molecule has 4 rings (SSSR count). The van der Waals surface area contributed by atoms with Gasteiger partial charge in [-0.25, -0.2) is 4.39 Å². The predicted molar refractivity (Wildman–Crippen MR) is 119 cm³/mol. The normalized spacial score (nSPS) is 24.5. The van der Waals surface area contributed by atoms with Crippen LogP contribution < -0.4 is 10.6 Å². The Hall–Kier alpha value is -3.42. The van der Waals surface area contributed by atoms with Gasteiger partial charge in [0.2, 0.25) is 17.7 Å². The molecule has 2 saturated heterocycles. The lowest BCUT2D eigenvalue weighted by atomic mass is 9.92. The highest BCUT2D eigenvalue weighted by atomic mass is 19.1. The van der Waals surface area contributed by atoms with Crippen LogP contribution in [0.2, 0.25) is 0 Å². The number of aromatic hydroxyl groups is 1. The summed E-state index contributed by atoms with van der Waals surface area (Å²) < 4.78 is 13.2. The Labute approximate surface area is 192 Å². The van der Waals surface area contributed by atoms with Gasteiger partial charge in [-0.2, -0.15) is 0 Å². The third-order valence-corrected chi connectivity index (χ3v) is 6.32. The summed E-state index contributed by atoms with van der Waals surface area (Å²) in [5, 5.41) is 15.4. The maximum absolute atomic E-state index is 13.4. The second-order valence-electron chi connectivity index (χ2n) is 9.17. The van der Waals surface area contributed by atoms with Crippen LogP contribution in [0, 0.1) is 17.7 Å². The number of carbonyl (C=O) groups excluding carboxylic acids is 3. The quantitative estimate of drug-likeness (QED) is 0.626. The molecule has 2 aliphatic rings. The second-order valence-corrected chi connectivity index (χ2v) is 9.17. The zero-order chi connectivity index (χ0) is 23.7. The lowest BCUT2D eigenvalue weighted by Crippen LogP contribution is -2.61. The minimum absolute atomic E-state index is 0.0750. The molecule has 8 heteroatoms. The van der Waals surface area contributed by atoms with Crippen LogP contribution in [0.5, 0.6) is 5.75 Å². The highest BCUT2D eigenvalue weighted by Gasteiger charge is 2.54. The zero-order valence-corrected chi connectivity index (χ0v) is 18.6. The molecule has 174 valence electrons. The van der Waals surface area contributed by atoms with Crippen LogP contribution in [0.15, 0.2) is 48.5 Å². The van der Waals surface area contributed by atoms with Gasteiger partial charge in [-0.15, -0.1) is 0 Å². The van der Waals surface area contributed by atoms with Gasteiger partial charge in [0, 0.05) is 6.54 Å². The van der Waals surface area contributed by atoms with E-state index in [0.717, 1.165) is 5.56 Å². The Morgan fingerprint density at radius 2 is 1.82 bits per heavy atom. The lowest BCUT2D eigenvalue weighted by Gasteiger charge is -2.39. The van der Waals surface area contributed by atoms with Crippen molar-refractivity contribution in [3.05, 3.63) is 65.5 Å². The minimum Gasteiger partial charge on any atom is -0.508 e. The monoisotopic (exact) mass is 453 g/mol. The van der Waals surface area contributed by atoms with Crippen molar-refractivity contribution in [3.8, 4) is 5.75 Å². The van der Waals surface area contributed by atoms with E-state index in [4.69, 9.17) is 0 Å². The molecule has 2 aliphatic heterocycles. The molecule has 2 aromatic rings. The smallest absolute Gasteiger partial charge is 0.246 e. The van der Waals surface area contributed by atoms with Gasteiger partial charge in [0.25, 0.3) is 0 Å². The van der Waals surface area contributed by atoms with Crippen LogP contribution in [0.4, 0.5) is 4.39 Å². The van der Waals surface area contributed by atoms with Gasteiger partial charge in [-0.1, -0.05) is 38.1 Å².